The van der Waals surface area contributed by atoms with E-state index in [0.29, 0.717) is 0 Å². The number of hydrogen-bond acceptors (Lipinski definition) is 3. The standard InChI is InChI=1S/C10H5ClF9NO2S/c11-4-1-3(8(14,9(15,16)17)10(18,19)20)2-5(6(4)21)24(22,23)7(12)13/h1-2,7H,21H2. The second kappa shape index (κ2) is 5.86. The van der Waals surface area contributed by atoms with E-state index in [1.807, 2.05) is 0 Å². The van der Waals surface area contributed by atoms with Crippen LogP contribution in [-0.4, -0.2) is 26.5 Å². The van der Waals surface area contributed by atoms with E-state index < -0.39 is 60.9 Å². The molecule has 138 valence electrons. The van der Waals surface area contributed by atoms with Gasteiger partial charge in [0.25, 0.3) is 0 Å². The van der Waals surface area contributed by atoms with E-state index in [2.05, 4.69) is 0 Å². The molecule has 1 rings (SSSR count). The largest absolute Gasteiger partial charge is 0.435 e. The minimum atomic E-state index is -6.59. The highest BCUT2D eigenvalue weighted by molar-refractivity contribution is 7.91. The molecule has 0 bridgehead atoms. The van der Waals surface area contributed by atoms with Crippen molar-refractivity contribution in [3.8, 4) is 0 Å². The van der Waals surface area contributed by atoms with Crippen molar-refractivity contribution in [1.82, 2.24) is 0 Å². The van der Waals surface area contributed by atoms with E-state index in [9.17, 15) is 47.9 Å². The Morgan fingerprint density at radius 1 is 0.958 bits per heavy atom. The first kappa shape index (κ1) is 20.7. The van der Waals surface area contributed by atoms with Crippen LogP contribution in [0.5, 0.6) is 0 Å². The molecule has 0 amide bonds. The van der Waals surface area contributed by atoms with E-state index in [-0.39, 0.29) is 6.07 Å². The lowest BCUT2D eigenvalue weighted by Crippen LogP contribution is -2.50. The zero-order valence-corrected chi connectivity index (χ0v) is 12.4. The van der Waals surface area contributed by atoms with Crippen molar-refractivity contribution in [1.29, 1.82) is 0 Å². The fourth-order valence-corrected chi connectivity index (χ4v) is 2.79. The summed E-state index contributed by atoms with van der Waals surface area (Å²) in [6, 6.07) is -0.800. The second-order valence-electron chi connectivity index (χ2n) is 4.33. The first-order valence-electron chi connectivity index (χ1n) is 5.41. The van der Waals surface area contributed by atoms with Gasteiger partial charge in [-0.2, -0.15) is 35.1 Å². The third-order valence-corrected chi connectivity index (χ3v) is 4.54. The molecule has 0 radical (unpaired) electrons. The number of nitrogen functional groups attached to an aromatic ring is 1. The third kappa shape index (κ3) is 3.10. The molecule has 1 aromatic rings. The number of hydrogen-bond donors (Lipinski definition) is 1. The summed E-state index contributed by atoms with van der Waals surface area (Å²) < 4.78 is 137. The average molecular weight is 410 g/mol. The number of rotatable bonds is 3. The summed E-state index contributed by atoms with van der Waals surface area (Å²) >= 11 is 5.20. The normalized spacial score (nSPS) is 14.3. The molecule has 0 aliphatic carbocycles. The van der Waals surface area contributed by atoms with Crippen LogP contribution in [-0.2, 0) is 15.5 Å². The Hall–Kier alpha value is -1.37. The molecule has 0 aliphatic rings. The highest BCUT2D eigenvalue weighted by atomic mass is 35.5. The Kier molecular flexibility index (Phi) is 5.05. The highest BCUT2D eigenvalue weighted by Crippen LogP contribution is 2.54. The molecule has 24 heavy (non-hydrogen) atoms. The van der Waals surface area contributed by atoms with Crippen LogP contribution in [0, 0.1) is 0 Å². The molecule has 0 aromatic heterocycles. The minimum absolute atomic E-state index is 0.234. The van der Waals surface area contributed by atoms with Gasteiger partial charge < -0.3 is 5.73 Å². The zero-order chi connectivity index (χ0) is 19.3. The van der Waals surface area contributed by atoms with Crippen molar-refractivity contribution in [2.45, 2.75) is 28.7 Å². The Labute approximate surface area is 133 Å². The predicted molar refractivity (Wildman–Crippen MR) is 64.0 cm³/mol. The van der Waals surface area contributed by atoms with Gasteiger partial charge in [0.2, 0.25) is 9.84 Å². The van der Waals surface area contributed by atoms with Crippen molar-refractivity contribution in [3.05, 3.63) is 22.7 Å². The summed E-state index contributed by atoms with van der Waals surface area (Å²) in [4.78, 5) is -1.85. The summed E-state index contributed by atoms with van der Waals surface area (Å²) in [6.07, 6.45) is -13.2. The monoisotopic (exact) mass is 409 g/mol. The van der Waals surface area contributed by atoms with Crippen LogP contribution < -0.4 is 5.73 Å². The molecular weight excluding hydrogens is 405 g/mol. The predicted octanol–water partition coefficient (Wildman–Crippen LogP) is 4.21. The van der Waals surface area contributed by atoms with Gasteiger partial charge in [0.1, 0.15) is 0 Å². The van der Waals surface area contributed by atoms with Crippen molar-refractivity contribution in [2.24, 2.45) is 0 Å². The van der Waals surface area contributed by atoms with Crippen LogP contribution in [0.25, 0.3) is 0 Å². The average Bonchev–Trinajstić information content (AvgIpc) is 2.37. The third-order valence-electron chi connectivity index (χ3n) is 2.81. The van der Waals surface area contributed by atoms with Gasteiger partial charge in [-0.05, 0) is 12.1 Å². The molecule has 0 saturated heterocycles. The SMILES string of the molecule is Nc1c(Cl)cc(C(F)(C(F)(F)F)C(F)(F)F)cc1S(=O)(=O)C(F)F. The van der Waals surface area contributed by atoms with Crippen molar-refractivity contribution in [3.63, 3.8) is 0 Å². The Balaban J connectivity index is 3.89. The summed E-state index contributed by atoms with van der Waals surface area (Å²) in [6.45, 7) is 0. The molecule has 0 heterocycles. The van der Waals surface area contributed by atoms with Gasteiger partial charge in [-0.15, -0.1) is 0 Å². The van der Waals surface area contributed by atoms with Gasteiger partial charge in [0.05, 0.1) is 15.6 Å². The Morgan fingerprint density at radius 3 is 1.71 bits per heavy atom. The van der Waals surface area contributed by atoms with Crippen LogP contribution in [0.2, 0.25) is 5.02 Å². The van der Waals surface area contributed by atoms with E-state index in [0.717, 1.165) is 0 Å². The van der Waals surface area contributed by atoms with E-state index in [1.165, 1.54) is 0 Å². The van der Waals surface area contributed by atoms with Gasteiger partial charge in [0.15, 0.2) is 0 Å². The van der Waals surface area contributed by atoms with Crippen molar-refractivity contribution in [2.75, 3.05) is 5.73 Å². The van der Waals surface area contributed by atoms with Crippen LogP contribution in [0.4, 0.5) is 45.2 Å². The molecule has 0 atom stereocenters. The molecule has 0 saturated carbocycles. The maximum absolute atomic E-state index is 13.9. The molecule has 14 heteroatoms. The summed E-state index contributed by atoms with van der Waals surface area (Å²) in [5.74, 6) is -4.24. The van der Waals surface area contributed by atoms with Gasteiger partial charge in [-0.1, -0.05) is 11.6 Å². The van der Waals surface area contributed by atoms with Gasteiger partial charge in [-0.3, -0.25) is 0 Å². The topological polar surface area (TPSA) is 60.2 Å². The molecule has 3 nitrogen and oxygen atoms in total. The van der Waals surface area contributed by atoms with Crippen LogP contribution in [0.15, 0.2) is 17.0 Å². The van der Waals surface area contributed by atoms with Crippen LogP contribution >= 0.6 is 11.6 Å². The lowest BCUT2D eigenvalue weighted by Gasteiger charge is -2.30. The van der Waals surface area contributed by atoms with Gasteiger partial charge >= 0.3 is 23.8 Å². The number of sulfone groups is 1. The fraction of sp³-hybridized carbons (Fsp3) is 0.400. The highest BCUT2D eigenvalue weighted by Gasteiger charge is 2.73. The smallest absolute Gasteiger partial charge is 0.396 e. The summed E-state index contributed by atoms with van der Waals surface area (Å²) in [7, 11) is -5.75. The number of halogens is 10. The number of benzene rings is 1. The lowest BCUT2D eigenvalue weighted by molar-refractivity contribution is -0.348. The maximum atomic E-state index is 13.9. The number of alkyl halides is 9. The molecule has 1 aromatic carbocycles. The number of anilines is 1. The van der Waals surface area contributed by atoms with E-state index in [1.54, 1.807) is 0 Å². The summed E-state index contributed by atoms with van der Waals surface area (Å²) in [5.41, 5.74) is -4.63. The lowest BCUT2D eigenvalue weighted by atomic mass is 9.94. The number of nitrogens with two attached hydrogens (primary N) is 1. The zero-order valence-electron chi connectivity index (χ0n) is 10.8. The van der Waals surface area contributed by atoms with Gasteiger partial charge in [-0.25, -0.2) is 12.8 Å². The van der Waals surface area contributed by atoms with Crippen molar-refractivity contribution < 1.29 is 47.9 Å². The first-order valence-corrected chi connectivity index (χ1v) is 7.34. The van der Waals surface area contributed by atoms with Gasteiger partial charge in [0, 0.05) is 5.56 Å². The minimum Gasteiger partial charge on any atom is -0.396 e. The Morgan fingerprint density at radius 2 is 1.38 bits per heavy atom. The molecule has 0 fully saturated rings. The molecular formula is C10H5ClF9NO2S. The van der Waals surface area contributed by atoms with Crippen LogP contribution in [0.3, 0.4) is 0 Å². The van der Waals surface area contributed by atoms with Crippen LogP contribution in [0.1, 0.15) is 5.56 Å². The molecule has 2 N–H and O–H groups in total. The first-order chi connectivity index (χ1) is 10.5. The van der Waals surface area contributed by atoms with E-state index >= 15 is 0 Å². The van der Waals surface area contributed by atoms with Crippen molar-refractivity contribution >= 4 is 27.1 Å². The molecule has 0 aliphatic heterocycles. The molecule has 0 unspecified atom stereocenters. The summed E-state index contributed by atoms with van der Waals surface area (Å²) in [5, 5.41) is -1.28. The second-order valence-corrected chi connectivity index (χ2v) is 6.62. The Bertz CT molecular complexity index is 728. The fourth-order valence-electron chi connectivity index (χ4n) is 1.61. The van der Waals surface area contributed by atoms with E-state index in [4.69, 9.17) is 17.3 Å². The quantitative estimate of drug-likeness (QED) is 0.601. The molecule has 0 spiro atoms. The maximum Gasteiger partial charge on any atom is 0.435 e.